The van der Waals surface area contributed by atoms with E-state index in [9.17, 15) is 4.79 Å². The largest absolute Gasteiger partial charge is 0.326 e. The fourth-order valence-electron chi connectivity index (χ4n) is 2.53. The van der Waals surface area contributed by atoms with Crippen molar-refractivity contribution in [2.24, 2.45) is 0 Å². The SMILES string of the molecule is CNC1CCCC(Sc2ccc(NC(C)=O)cc2)C1. The molecule has 1 aliphatic rings. The molecule has 0 heterocycles. The van der Waals surface area contributed by atoms with Crippen LogP contribution in [0.2, 0.25) is 0 Å². The summed E-state index contributed by atoms with van der Waals surface area (Å²) < 4.78 is 0. The number of hydrogen-bond acceptors (Lipinski definition) is 3. The fraction of sp³-hybridized carbons (Fsp3) is 0.533. The minimum atomic E-state index is -0.0236. The molecule has 0 aromatic heterocycles. The summed E-state index contributed by atoms with van der Waals surface area (Å²) in [7, 11) is 2.06. The molecule has 4 heteroatoms. The number of rotatable bonds is 4. The Hall–Kier alpha value is -1.00. The zero-order valence-electron chi connectivity index (χ0n) is 11.6. The van der Waals surface area contributed by atoms with Gasteiger partial charge in [0.1, 0.15) is 0 Å². The first kappa shape index (κ1) is 14.4. The average Bonchev–Trinajstić information content (AvgIpc) is 2.41. The molecule has 2 atom stereocenters. The molecule has 1 fully saturated rings. The molecule has 104 valence electrons. The fourth-order valence-corrected chi connectivity index (χ4v) is 3.82. The van der Waals surface area contributed by atoms with Gasteiger partial charge in [0.2, 0.25) is 5.91 Å². The summed E-state index contributed by atoms with van der Waals surface area (Å²) >= 11 is 1.96. The zero-order valence-corrected chi connectivity index (χ0v) is 12.4. The van der Waals surface area contributed by atoms with Crippen molar-refractivity contribution in [2.75, 3.05) is 12.4 Å². The van der Waals surface area contributed by atoms with E-state index in [2.05, 4.69) is 29.8 Å². The number of carbonyl (C=O) groups excluding carboxylic acids is 1. The lowest BCUT2D eigenvalue weighted by Gasteiger charge is -2.28. The van der Waals surface area contributed by atoms with Gasteiger partial charge >= 0.3 is 0 Å². The Morgan fingerprint density at radius 3 is 2.63 bits per heavy atom. The Balaban J connectivity index is 1.90. The molecule has 1 aromatic carbocycles. The van der Waals surface area contributed by atoms with Crippen LogP contribution >= 0.6 is 11.8 Å². The number of nitrogens with one attached hydrogen (secondary N) is 2. The highest BCUT2D eigenvalue weighted by atomic mass is 32.2. The van der Waals surface area contributed by atoms with Gasteiger partial charge in [-0.1, -0.05) is 6.42 Å². The van der Waals surface area contributed by atoms with Crippen LogP contribution in [0.1, 0.15) is 32.6 Å². The van der Waals surface area contributed by atoms with Crippen molar-refractivity contribution in [1.29, 1.82) is 0 Å². The van der Waals surface area contributed by atoms with E-state index in [1.807, 2.05) is 23.9 Å². The standard InChI is InChI=1S/C15H22N2OS/c1-11(18)17-12-6-8-14(9-7-12)19-15-5-3-4-13(10-15)16-2/h6-9,13,15-16H,3-5,10H2,1-2H3,(H,17,18). The van der Waals surface area contributed by atoms with Gasteiger partial charge in [0.05, 0.1) is 0 Å². The van der Waals surface area contributed by atoms with Gasteiger partial charge in [-0.3, -0.25) is 4.79 Å². The molecule has 0 spiro atoms. The maximum absolute atomic E-state index is 11.0. The minimum absolute atomic E-state index is 0.0236. The number of hydrogen-bond donors (Lipinski definition) is 2. The molecule has 1 aromatic rings. The highest BCUT2D eigenvalue weighted by Gasteiger charge is 2.21. The Morgan fingerprint density at radius 1 is 1.26 bits per heavy atom. The molecule has 1 amide bonds. The van der Waals surface area contributed by atoms with E-state index in [1.165, 1.54) is 37.5 Å². The van der Waals surface area contributed by atoms with E-state index >= 15 is 0 Å². The Bertz CT molecular complexity index is 419. The third kappa shape index (κ3) is 4.55. The van der Waals surface area contributed by atoms with Crippen molar-refractivity contribution >= 4 is 23.4 Å². The second-order valence-corrected chi connectivity index (χ2v) is 6.47. The normalized spacial score (nSPS) is 23.1. The molecule has 1 aliphatic carbocycles. The predicted octanol–water partition coefficient (Wildman–Crippen LogP) is 3.27. The minimum Gasteiger partial charge on any atom is -0.326 e. The van der Waals surface area contributed by atoms with Crippen LogP contribution in [0.15, 0.2) is 29.2 Å². The van der Waals surface area contributed by atoms with Crippen LogP contribution in [0.5, 0.6) is 0 Å². The van der Waals surface area contributed by atoms with E-state index in [0.29, 0.717) is 11.3 Å². The molecule has 3 nitrogen and oxygen atoms in total. The molecule has 19 heavy (non-hydrogen) atoms. The van der Waals surface area contributed by atoms with Gasteiger partial charge in [-0.05, 0) is 50.6 Å². The van der Waals surface area contributed by atoms with Crippen LogP contribution in [-0.2, 0) is 4.79 Å². The monoisotopic (exact) mass is 278 g/mol. The van der Waals surface area contributed by atoms with Gasteiger partial charge in [-0.2, -0.15) is 0 Å². The first-order valence-electron chi connectivity index (χ1n) is 6.89. The van der Waals surface area contributed by atoms with Crippen LogP contribution in [0.3, 0.4) is 0 Å². The molecule has 0 radical (unpaired) electrons. The van der Waals surface area contributed by atoms with Gasteiger partial charge in [0, 0.05) is 28.8 Å². The van der Waals surface area contributed by atoms with Crippen molar-refractivity contribution in [3.63, 3.8) is 0 Å². The molecule has 0 aliphatic heterocycles. The quantitative estimate of drug-likeness (QED) is 0.888. The topological polar surface area (TPSA) is 41.1 Å². The molecule has 0 bridgehead atoms. The highest BCUT2D eigenvalue weighted by Crippen LogP contribution is 2.34. The Labute approximate surface area is 119 Å². The number of benzene rings is 1. The smallest absolute Gasteiger partial charge is 0.221 e. The van der Waals surface area contributed by atoms with E-state index < -0.39 is 0 Å². The van der Waals surface area contributed by atoms with Crippen LogP contribution < -0.4 is 10.6 Å². The second kappa shape index (κ2) is 6.96. The Kier molecular flexibility index (Phi) is 5.28. The Morgan fingerprint density at radius 2 is 2.00 bits per heavy atom. The summed E-state index contributed by atoms with van der Waals surface area (Å²) in [5, 5.41) is 6.89. The summed E-state index contributed by atoms with van der Waals surface area (Å²) in [6, 6.07) is 8.81. The van der Waals surface area contributed by atoms with Crippen molar-refractivity contribution < 1.29 is 4.79 Å². The average molecular weight is 278 g/mol. The molecule has 0 saturated heterocycles. The summed E-state index contributed by atoms with van der Waals surface area (Å²) in [5.41, 5.74) is 0.869. The molecule has 2 unspecified atom stereocenters. The summed E-state index contributed by atoms with van der Waals surface area (Å²) in [5.74, 6) is -0.0236. The van der Waals surface area contributed by atoms with Crippen molar-refractivity contribution in [1.82, 2.24) is 5.32 Å². The van der Waals surface area contributed by atoms with Gasteiger partial charge < -0.3 is 10.6 Å². The van der Waals surface area contributed by atoms with Crippen molar-refractivity contribution in [3.8, 4) is 0 Å². The van der Waals surface area contributed by atoms with Crippen LogP contribution in [0.25, 0.3) is 0 Å². The van der Waals surface area contributed by atoms with Crippen LogP contribution in [0.4, 0.5) is 5.69 Å². The van der Waals surface area contributed by atoms with Crippen molar-refractivity contribution in [3.05, 3.63) is 24.3 Å². The maximum Gasteiger partial charge on any atom is 0.221 e. The number of amides is 1. The molecule has 2 rings (SSSR count). The summed E-state index contributed by atoms with van der Waals surface area (Å²) in [6.45, 7) is 1.53. The number of anilines is 1. The zero-order chi connectivity index (χ0) is 13.7. The molecular formula is C15H22N2OS. The lowest BCUT2D eigenvalue weighted by molar-refractivity contribution is -0.114. The summed E-state index contributed by atoms with van der Waals surface area (Å²) in [6.07, 6.45) is 5.16. The van der Waals surface area contributed by atoms with E-state index in [-0.39, 0.29) is 5.91 Å². The van der Waals surface area contributed by atoms with Crippen LogP contribution in [-0.4, -0.2) is 24.2 Å². The van der Waals surface area contributed by atoms with E-state index in [1.54, 1.807) is 0 Å². The number of thioether (sulfide) groups is 1. The number of carbonyl (C=O) groups is 1. The van der Waals surface area contributed by atoms with E-state index in [0.717, 1.165) is 5.69 Å². The first-order chi connectivity index (χ1) is 9.17. The summed E-state index contributed by atoms with van der Waals surface area (Å²) in [4.78, 5) is 12.2. The third-order valence-electron chi connectivity index (χ3n) is 3.51. The second-order valence-electron chi connectivity index (χ2n) is 5.10. The third-order valence-corrected chi connectivity index (χ3v) is 4.82. The highest BCUT2D eigenvalue weighted by molar-refractivity contribution is 8.00. The van der Waals surface area contributed by atoms with E-state index in [4.69, 9.17) is 0 Å². The van der Waals surface area contributed by atoms with Gasteiger partial charge in [0.15, 0.2) is 0 Å². The van der Waals surface area contributed by atoms with Gasteiger partial charge in [-0.15, -0.1) is 11.8 Å². The van der Waals surface area contributed by atoms with Gasteiger partial charge in [-0.25, -0.2) is 0 Å². The first-order valence-corrected chi connectivity index (χ1v) is 7.77. The van der Waals surface area contributed by atoms with Crippen LogP contribution in [0, 0.1) is 0 Å². The van der Waals surface area contributed by atoms with Gasteiger partial charge in [0.25, 0.3) is 0 Å². The predicted molar refractivity (Wildman–Crippen MR) is 81.7 cm³/mol. The lowest BCUT2D eigenvalue weighted by atomic mass is 9.95. The molecule has 2 N–H and O–H groups in total. The maximum atomic E-state index is 11.0. The molecule has 1 saturated carbocycles. The van der Waals surface area contributed by atoms with Crippen molar-refractivity contribution in [2.45, 2.75) is 48.8 Å². The molecular weight excluding hydrogens is 256 g/mol. The lowest BCUT2D eigenvalue weighted by Crippen LogP contribution is -2.32.